The number of carbonyl (C=O) groups is 1. The fraction of sp³-hybridized carbons (Fsp3) is 0.167. The molecule has 1 unspecified atom stereocenters. The van der Waals surface area contributed by atoms with Crippen molar-refractivity contribution in [2.24, 2.45) is 4.99 Å². The van der Waals surface area contributed by atoms with Crippen molar-refractivity contribution in [3.05, 3.63) is 105 Å². The number of benzene rings is 3. The average molecular weight is 501 g/mol. The number of carbonyl (C=O) groups excluding carboxylic acids is 1. The zero-order valence-corrected chi connectivity index (χ0v) is 18.2. The molecule has 0 aromatic heterocycles. The van der Waals surface area contributed by atoms with Gasteiger partial charge in [-0.2, -0.15) is 0 Å². The molecule has 0 bridgehead atoms. The molecule has 3 rings (SSSR count). The van der Waals surface area contributed by atoms with E-state index in [1.807, 2.05) is 66.7 Å². The highest BCUT2D eigenvalue weighted by molar-refractivity contribution is 14.1. The largest absolute Gasteiger partial charge is 0.464 e. The molecule has 0 aliphatic heterocycles. The molecule has 0 saturated heterocycles. The van der Waals surface area contributed by atoms with Crippen molar-refractivity contribution in [1.82, 2.24) is 0 Å². The number of ether oxygens (including phenoxy) is 1. The van der Waals surface area contributed by atoms with Gasteiger partial charge >= 0.3 is 5.97 Å². The first-order valence-electron chi connectivity index (χ1n) is 9.38. The van der Waals surface area contributed by atoms with Gasteiger partial charge in [0.2, 0.25) is 0 Å². The van der Waals surface area contributed by atoms with Gasteiger partial charge in [0, 0.05) is 26.7 Å². The van der Waals surface area contributed by atoms with Crippen molar-refractivity contribution >= 4 is 34.3 Å². The Morgan fingerprint density at radius 3 is 2.07 bits per heavy atom. The van der Waals surface area contributed by atoms with Crippen LogP contribution in [0.4, 0.5) is 4.39 Å². The number of nitrogens with zero attached hydrogens (tertiary/aromatic N) is 1. The lowest BCUT2D eigenvalue weighted by Crippen LogP contribution is -2.27. The fourth-order valence-corrected chi connectivity index (χ4v) is 3.69. The van der Waals surface area contributed by atoms with Gasteiger partial charge in [0.15, 0.2) is 6.04 Å². The van der Waals surface area contributed by atoms with Crippen molar-refractivity contribution < 1.29 is 13.9 Å². The third-order valence-electron chi connectivity index (χ3n) is 4.40. The van der Waals surface area contributed by atoms with Crippen molar-refractivity contribution in [1.29, 1.82) is 0 Å². The predicted molar refractivity (Wildman–Crippen MR) is 122 cm³/mol. The molecule has 0 spiro atoms. The topological polar surface area (TPSA) is 38.7 Å². The van der Waals surface area contributed by atoms with E-state index in [0.717, 1.165) is 14.7 Å². The van der Waals surface area contributed by atoms with Crippen LogP contribution in [0.5, 0.6) is 0 Å². The fourth-order valence-electron chi connectivity index (χ4n) is 3.00. The van der Waals surface area contributed by atoms with E-state index in [1.54, 1.807) is 13.0 Å². The van der Waals surface area contributed by atoms with Gasteiger partial charge in [-0.05, 0) is 41.6 Å². The van der Waals surface area contributed by atoms with E-state index in [0.29, 0.717) is 11.3 Å². The number of hydrogen-bond acceptors (Lipinski definition) is 3. The van der Waals surface area contributed by atoms with E-state index in [2.05, 4.69) is 22.6 Å². The van der Waals surface area contributed by atoms with Gasteiger partial charge in [0.25, 0.3) is 0 Å². The van der Waals surface area contributed by atoms with Gasteiger partial charge in [0.1, 0.15) is 5.82 Å². The van der Waals surface area contributed by atoms with Crippen LogP contribution in [-0.4, -0.2) is 24.3 Å². The Labute approximate surface area is 183 Å². The number of hydrogen-bond donors (Lipinski definition) is 0. The summed E-state index contributed by atoms with van der Waals surface area (Å²) >= 11 is 2.08. The zero-order chi connectivity index (χ0) is 20.6. The molecule has 5 heteroatoms. The Morgan fingerprint density at radius 2 is 1.55 bits per heavy atom. The number of halogens is 2. The van der Waals surface area contributed by atoms with Crippen LogP contribution >= 0.6 is 22.6 Å². The van der Waals surface area contributed by atoms with Crippen LogP contribution in [0.1, 0.15) is 23.6 Å². The molecular formula is C24H21FINO2. The van der Waals surface area contributed by atoms with Crippen LogP contribution in [0.3, 0.4) is 0 Å². The van der Waals surface area contributed by atoms with E-state index in [-0.39, 0.29) is 18.8 Å². The van der Waals surface area contributed by atoms with Crippen LogP contribution in [-0.2, 0) is 16.0 Å². The summed E-state index contributed by atoms with van der Waals surface area (Å²) in [5.74, 6) is -0.807. The van der Waals surface area contributed by atoms with E-state index in [4.69, 9.17) is 9.73 Å². The highest BCUT2D eigenvalue weighted by Gasteiger charge is 2.24. The Hall–Kier alpha value is -2.54. The molecule has 148 valence electrons. The van der Waals surface area contributed by atoms with Crippen LogP contribution < -0.4 is 0 Å². The van der Waals surface area contributed by atoms with Gasteiger partial charge in [-0.15, -0.1) is 0 Å². The van der Waals surface area contributed by atoms with Gasteiger partial charge in [0.05, 0.1) is 12.3 Å². The normalized spacial score (nSPS) is 11.6. The minimum absolute atomic E-state index is 0.132. The Kier molecular flexibility index (Phi) is 7.52. The second-order valence-corrected chi connectivity index (χ2v) is 7.54. The highest BCUT2D eigenvalue weighted by Crippen LogP contribution is 2.21. The number of aliphatic imine (C=N–C) groups is 1. The molecule has 0 saturated carbocycles. The minimum atomic E-state index is -0.851. The van der Waals surface area contributed by atoms with Crippen molar-refractivity contribution in [2.45, 2.75) is 19.4 Å². The molecule has 0 heterocycles. The van der Waals surface area contributed by atoms with Crippen LogP contribution in [0, 0.1) is 9.39 Å². The molecule has 0 N–H and O–H groups in total. The first-order chi connectivity index (χ1) is 14.1. The smallest absolute Gasteiger partial charge is 0.331 e. The van der Waals surface area contributed by atoms with Gasteiger partial charge in [-0.25, -0.2) is 9.18 Å². The molecule has 0 aliphatic rings. The molecule has 0 fully saturated rings. The standard InChI is InChI=1S/C24H21FINO2/c1-2-29-24(28)22(16-19-20(25)14-9-15-21(19)26)27-23(17-10-5-3-6-11-17)18-12-7-4-8-13-18/h3-15,22H,2,16H2,1H3. The summed E-state index contributed by atoms with van der Waals surface area (Å²) in [6.07, 6.45) is 0.132. The maximum absolute atomic E-state index is 14.4. The Balaban J connectivity index is 2.09. The molecule has 3 nitrogen and oxygen atoms in total. The first-order valence-corrected chi connectivity index (χ1v) is 10.5. The summed E-state index contributed by atoms with van der Waals surface area (Å²) in [6.45, 7) is 1.99. The molecule has 0 amide bonds. The monoisotopic (exact) mass is 501 g/mol. The van der Waals surface area contributed by atoms with Crippen molar-refractivity contribution in [3.63, 3.8) is 0 Å². The van der Waals surface area contributed by atoms with Crippen LogP contribution in [0.15, 0.2) is 83.9 Å². The number of rotatable bonds is 7. The average Bonchev–Trinajstić information content (AvgIpc) is 2.74. The van der Waals surface area contributed by atoms with Crippen molar-refractivity contribution in [3.8, 4) is 0 Å². The lowest BCUT2D eigenvalue weighted by molar-refractivity contribution is -0.144. The van der Waals surface area contributed by atoms with Gasteiger partial charge in [-0.3, -0.25) is 4.99 Å². The molecule has 1 atom stereocenters. The highest BCUT2D eigenvalue weighted by atomic mass is 127. The van der Waals surface area contributed by atoms with Gasteiger partial charge < -0.3 is 4.74 Å². The molecule has 29 heavy (non-hydrogen) atoms. The second-order valence-electron chi connectivity index (χ2n) is 6.38. The molecule has 0 radical (unpaired) electrons. The van der Waals surface area contributed by atoms with Crippen molar-refractivity contribution in [2.75, 3.05) is 6.61 Å². The molecular weight excluding hydrogens is 480 g/mol. The summed E-state index contributed by atoms with van der Waals surface area (Å²) in [5.41, 5.74) is 2.92. The zero-order valence-electron chi connectivity index (χ0n) is 16.0. The maximum Gasteiger partial charge on any atom is 0.331 e. The first kappa shape index (κ1) is 21.2. The van der Waals surface area contributed by atoms with Crippen LogP contribution in [0.2, 0.25) is 0 Å². The van der Waals surface area contributed by atoms with E-state index < -0.39 is 12.0 Å². The molecule has 3 aromatic rings. The third kappa shape index (κ3) is 5.50. The maximum atomic E-state index is 14.4. The quantitative estimate of drug-likeness (QED) is 0.246. The van der Waals surface area contributed by atoms with E-state index in [9.17, 15) is 9.18 Å². The van der Waals surface area contributed by atoms with E-state index >= 15 is 0 Å². The van der Waals surface area contributed by atoms with Crippen LogP contribution in [0.25, 0.3) is 0 Å². The summed E-state index contributed by atoms with van der Waals surface area (Å²) in [4.78, 5) is 17.5. The third-order valence-corrected chi connectivity index (χ3v) is 5.41. The summed E-state index contributed by atoms with van der Waals surface area (Å²) < 4.78 is 20.5. The molecule has 3 aromatic carbocycles. The Morgan fingerprint density at radius 1 is 0.966 bits per heavy atom. The number of esters is 1. The summed E-state index contributed by atoms with van der Waals surface area (Å²) in [5, 5.41) is 0. The Bertz CT molecular complexity index is 929. The lowest BCUT2D eigenvalue weighted by Gasteiger charge is -2.16. The predicted octanol–water partition coefficient (Wildman–Crippen LogP) is 5.44. The summed E-state index contributed by atoms with van der Waals surface area (Å²) in [6, 6.07) is 23.4. The van der Waals surface area contributed by atoms with E-state index in [1.165, 1.54) is 6.07 Å². The second kappa shape index (κ2) is 10.3. The summed E-state index contributed by atoms with van der Waals surface area (Å²) in [7, 11) is 0. The lowest BCUT2D eigenvalue weighted by atomic mass is 10.0. The minimum Gasteiger partial charge on any atom is -0.464 e. The SMILES string of the molecule is CCOC(=O)C(Cc1c(F)cccc1I)N=C(c1ccccc1)c1ccccc1. The van der Waals surface area contributed by atoms with Gasteiger partial charge in [-0.1, -0.05) is 66.7 Å². The molecule has 0 aliphatic carbocycles.